The molecule has 5 nitrogen and oxygen atoms in total. The van der Waals surface area contributed by atoms with Crippen LogP contribution in [0.4, 0.5) is 0 Å². The summed E-state index contributed by atoms with van der Waals surface area (Å²) >= 11 is 0. The lowest BCUT2D eigenvalue weighted by atomic mass is 10.0. The van der Waals surface area contributed by atoms with E-state index in [1.807, 2.05) is 6.20 Å². The van der Waals surface area contributed by atoms with Crippen LogP contribution in [0.5, 0.6) is 0 Å². The van der Waals surface area contributed by atoms with Crippen molar-refractivity contribution in [3.05, 3.63) is 54.0 Å². The summed E-state index contributed by atoms with van der Waals surface area (Å²) in [6, 6.07) is 6.97. The Morgan fingerprint density at radius 1 is 1.12 bits per heavy atom. The smallest absolute Gasteiger partial charge is 0.136 e. The van der Waals surface area contributed by atoms with Crippen LogP contribution >= 0.6 is 0 Å². The van der Waals surface area contributed by atoms with Crippen molar-refractivity contribution in [2.75, 3.05) is 13.1 Å². The van der Waals surface area contributed by atoms with Gasteiger partial charge in [-0.15, -0.1) is 0 Å². The van der Waals surface area contributed by atoms with E-state index < -0.39 is 0 Å². The van der Waals surface area contributed by atoms with Crippen molar-refractivity contribution in [3.8, 4) is 0 Å². The lowest BCUT2D eigenvalue weighted by Gasteiger charge is -2.20. The van der Waals surface area contributed by atoms with Gasteiger partial charge in [0.2, 0.25) is 0 Å². The van der Waals surface area contributed by atoms with Crippen molar-refractivity contribution in [2.24, 2.45) is 0 Å². The summed E-state index contributed by atoms with van der Waals surface area (Å²) in [7, 11) is 0. The number of fused-ring (bicyclic) bond motifs is 2. The van der Waals surface area contributed by atoms with Crippen molar-refractivity contribution in [1.29, 1.82) is 0 Å². The van der Waals surface area contributed by atoms with Gasteiger partial charge in [0.05, 0.1) is 12.0 Å². The minimum atomic E-state index is 0.585. The summed E-state index contributed by atoms with van der Waals surface area (Å²) in [5, 5.41) is 0. The van der Waals surface area contributed by atoms with E-state index in [1.54, 1.807) is 0 Å². The molecule has 1 fully saturated rings. The third-order valence-electron chi connectivity index (χ3n) is 5.60. The molecule has 5 heteroatoms. The number of nitrogens with zero attached hydrogens (tertiary/aromatic N) is 5. The number of pyridine rings is 1. The Labute approximate surface area is 141 Å². The van der Waals surface area contributed by atoms with Crippen molar-refractivity contribution < 1.29 is 0 Å². The second-order valence-corrected chi connectivity index (χ2v) is 7.10. The molecule has 0 amide bonds. The van der Waals surface area contributed by atoms with Crippen LogP contribution in [0, 0.1) is 0 Å². The van der Waals surface area contributed by atoms with Crippen LogP contribution < -0.4 is 0 Å². The van der Waals surface area contributed by atoms with E-state index in [0.717, 1.165) is 25.3 Å². The van der Waals surface area contributed by atoms with Crippen LogP contribution in [0.1, 0.15) is 42.4 Å². The predicted octanol–water partition coefficient (Wildman–Crippen LogP) is 2.86. The zero-order chi connectivity index (χ0) is 15.9. The Bertz CT molecular complexity index is 862. The minimum absolute atomic E-state index is 0.585. The molecule has 0 aromatic carbocycles. The zero-order valence-corrected chi connectivity index (χ0v) is 13.9. The van der Waals surface area contributed by atoms with E-state index in [0.29, 0.717) is 6.04 Å². The fraction of sp³-hybridized carbons (Fsp3) is 0.474. The van der Waals surface area contributed by atoms with E-state index in [1.165, 1.54) is 49.2 Å². The van der Waals surface area contributed by atoms with E-state index in [4.69, 9.17) is 0 Å². The molecule has 1 aliphatic heterocycles. The van der Waals surface area contributed by atoms with Gasteiger partial charge in [-0.3, -0.25) is 4.90 Å². The molecule has 0 bridgehead atoms. The van der Waals surface area contributed by atoms with Gasteiger partial charge in [0.15, 0.2) is 0 Å². The monoisotopic (exact) mass is 321 g/mol. The Kier molecular flexibility index (Phi) is 3.40. The molecule has 5 rings (SSSR count). The van der Waals surface area contributed by atoms with Gasteiger partial charge < -0.3 is 8.97 Å². The number of likely N-dealkylation sites (tertiary alicyclic amines) is 1. The molecule has 1 unspecified atom stereocenters. The van der Waals surface area contributed by atoms with E-state index in [9.17, 15) is 0 Å². The lowest BCUT2D eigenvalue weighted by Crippen LogP contribution is -2.23. The summed E-state index contributed by atoms with van der Waals surface area (Å²) in [5.74, 6) is 0. The van der Waals surface area contributed by atoms with Crippen LogP contribution in [0.2, 0.25) is 0 Å². The lowest BCUT2D eigenvalue weighted by molar-refractivity contribution is 0.310. The Hall–Kier alpha value is -2.14. The normalized spacial score (nSPS) is 21.4. The zero-order valence-electron chi connectivity index (χ0n) is 13.9. The number of aromatic nitrogens is 4. The number of imidazole rings is 2. The summed E-state index contributed by atoms with van der Waals surface area (Å²) in [6.07, 6.45) is 12.3. The van der Waals surface area contributed by atoms with Crippen LogP contribution in [0.25, 0.3) is 5.65 Å². The SMILES string of the molecule is c1cc(CN2CCC(n3cnc4c3CCCC4)C2)n2ccnc2c1. The van der Waals surface area contributed by atoms with Gasteiger partial charge in [-0.2, -0.15) is 0 Å². The van der Waals surface area contributed by atoms with Gasteiger partial charge in [-0.25, -0.2) is 9.97 Å². The molecule has 0 spiro atoms. The van der Waals surface area contributed by atoms with Crippen LogP contribution in [-0.4, -0.2) is 36.9 Å². The first-order valence-corrected chi connectivity index (χ1v) is 9.06. The van der Waals surface area contributed by atoms with Crippen molar-refractivity contribution in [3.63, 3.8) is 0 Å². The molecule has 124 valence electrons. The highest BCUT2D eigenvalue weighted by Gasteiger charge is 2.27. The second-order valence-electron chi connectivity index (χ2n) is 7.10. The van der Waals surface area contributed by atoms with Crippen molar-refractivity contribution in [2.45, 2.75) is 44.7 Å². The molecule has 3 aromatic rings. The molecule has 1 saturated heterocycles. The molecule has 2 aliphatic rings. The van der Waals surface area contributed by atoms with Crippen molar-refractivity contribution >= 4 is 5.65 Å². The predicted molar refractivity (Wildman–Crippen MR) is 93.0 cm³/mol. The number of aryl methyl sites for hydroxylation is 1. The largest absolute Gasteiger partial charge is 0.330 e. The molecule has 24 heavy (non-hydrogen) atoms. The summed E-state index contributed by atoms with van der Waals surface area (Å²) in [5.41, 5.74) is 5.21. The topological polar surface area (TPSA) is 38.4 Å². The Balaban J connectivity index is 1.34. The highest BCUT2D eigenvalue weighted by Crippen LogP contribution is 2.29. The quantitative estimate of drug-likeness (QED) is 0.744. The van der Waals surface area contributed by atoms with Crippen LogP contribution in [0.15, 0.2) is 36.9 Å². The maximum Gasteiger partial charge on any atom is 0.136 e. The highest BCUT2D eigenvalue weighted by atomic mass is 15.2. The average molecular weight is 321 g/mol. The fourth-order valence-electron chi connectivity index (χ4n) is 4.35. The maximum atomic E-state index is 4.68. The number of rotatable bonds is 3. The Morgan fingerprint density at radius 3 is 3.08 bits per heavy atom. The molecule has 3 aromatic heterocycles. The van der Waals surface area contributed by atoms with Crippen LogP contribution in [0.3, 0.4) is 0 Å². The fourth-order valence-corrected chi connectivity index (χ4v) is 4.35. The standard InChI is InChI=1S/C19H23N5/c1-2-6-18-17(5-1)21-14-24(18)16-8-10-22(13-16)12-15-4-3-7-19-20-9-11-23(15)19/h3-4,7,9,11,14,16H,1-2,5-6,8,10,12-13H2. The third-order valence-corrected chi connectivity index (χ3v) is 5.60. The Morgan fingerprint density at radius 2 is 2.08 bits per heavy atom. The molecule has 1 aliphatic carbocycles. The van der Waals surface area contributed by atoms with Crippen LogP contribution in [-0.2, 0) is 19.4 Å². The van der Waals surface area contributed by atoms with Crippen molar-refractivity contribution in [1.82, 2.24) is 23.8 Å². The molecular weight excluding hydrogens is 298 g/mol. The molecule has 4 heterocycles. The van der Waals surface area contributed by atoms with Gasteiger partial charge in [0.1, 0.15) is 5.65 Å². The summed E-state index contributed by atoms with van der Waals surface area (Å²) < 4.78 is 4.68. The average Bonchev–Trinajstić information content (AvgIpc) is 3.34. The first-order chi connectivity index (χ1) is 11.9. The minimum Gasteiger partial charge on any atom is -0.330 e. The first-order valence-electron chi connectivity index (χ1n) is 9.06. The molecular formula is C19H23N5. The maximum absolute atomic E-state index is 4.68. The van der Waals surface area contributed by atoms with E-state index >= 15 is 0 Å². The number of hydrogen-bond donors (Lipinski definition) is 0. The van der Waals surface area contributed by atoms with Gasteiger partial charge in [0, 0.05) is 49.5 Å². The molecule has 0 radical (unpaired) electrons. The molecule has 0 N–H and O–H groups in total. The summed E-state index contributed by atoms with van der Waals surface area (Å²) in [4.78, 5) is 11.6. The second kappa shape index (κ2) is 5.74. The number of hydrogen-bond acceptors (Lipinski definition) is 3. The van der Waals surface area contributed by atoms with Gasteiger partial charge >= 0.3 is 0 Å². The van der Waals surface area contributed by atoms with E-state index in [2.05, 4.69) is 54.6 Å². The van der Waals surface area contributed by atoms with E-state index in [-0.39, 0.29) is 0 Å². The molecule has 1 atom stereocenters. The first kappa shape index (κ1) is 14.2. The van der Waals surface area contributed by atoms with Gasteiger partial charge in [-0.1, -0.05) is 6.07 Å². The third kappa shape index (κ3) is 2.35. The highest BCUT2D eigenvalue weighted by molar-refractivity contribution is 5.39. The van der Waals surface area contributed by atoms with Gasteiger partial charge in [-0.05, 0) is 44.2 Å². The van der Waals surface area contributed by atoms with Gasteiger partial charge in [0.25, 0.3) is 0 Å². The summed E-state index contributed by atoms with van der Waals surface area (Å²) in [6.45, 7) is 3.26. The molecule has 0 saturated carbocycles.